The van der Waals surface area contributed by atoms with Crippen molar-refractivity contribution in [2.75, 3.05) is 0 Å². The van der Waals surface area contributed by atoms with E-state index in [4.69, 9.17) is 17.3 Å². The molecule has 1 aromatic heterocycles. The molecule has 0 fully saturated rings. The molecule has 2 nitrogen and oxygen atoms in total. The molecule has 106 valence electrons. The monoisotopic (exact) mass is 300 g/mol. The Balaban J connectivity index is 2.54. The van der Waals surface area contributed by atoms with Gasteiger partial charge in [0.05, 0.1) is 11.6 Å². The number of benzene rings is 1. The third kappa shape index (κ3) is 2.94. The number of halogens is 4. The van der Waals surface area contributed by atoms with E-state index >= 15 is 0 Å². The summed E-state index contributed by atoms with van der Waals surface area (Å²) in [5.41, 5.74) is 6.47. The molecule has 0 saturated heterocycles. The predicted molar refractivity (Wildman–Crippen MR) is 71.5 cm³/mol. The number of nitrogens with zero attached hydrogens (tertiary/aromatic N) is 1. The summed E-state index contributed by atoms with van der Waals surface area (Å²) in [5.74, 6) is 0. The second-order valence-electron chi connectivity index (χ2n) is 4.44. The first-order valence-electron chi connectivity index (χ1n) is 5.83. The summed E-state index contributed by atoms with van der Waals surface area (Å²) in [6.07, 6.45) is -2.22. The molecule has 0 aliphatic carbocycles. The molecule has 0 radical (unpaired) electrons. The fraction of sp³-hybridized carbons (Fsp3) is 0.214. The minimum absolute atomic E-state index is 0.0645. The maximum atomic E-state index is 13.0. The van der Waals surface area contributed by atoms with Gasteiger partial charge in [-0.1, -0.05) is 17.7 Å². The van der Waals surface area contributed by atoms with Gasteiger partial charge in [0, 0.05) is 23.0 Å². The Bertz CT molecular complexity index is 626. The lowest BCUT2D eigenvalue weighted by Gasteiger charge is -2.19. The van der Waals surface area contributed by atoms with Crippen molar-refractivity contribution in [1.29, 1.82) is 0 Å². The highest BCUT2D eigenvalue weighted by atomic mass is 35.5. The SMILES string of the molecule is Cc1ccc(Cl)cc1C(N)c1cnccc1C(F)(F)F. The molecule has 0 spiro atoms. The molecular formula is C14H12ClF3N2. The van der Waals surface area contributed by atoms with Gasteiger partial charge in [-0.3, -0.25) is 4.98 Å². The maximum absolute atomic E-state index is 13.0. The van der Waals surface area contributed by atoms with Crippen LogP contribution in [0.15, 0.2) is 36.7 Å². The molecule has 6 heteroatoms. The van der Waals surface area contributed by atoms with Crippen LogP contribution in [0.4, 0.5) is 13.2 Å². The van der Waals surface area contributed by atoms with Gasteiger partial charge in [-0.05, 0) is 36.2 Å². The van der Waals surface area contributed by atoms with Crippen molar-refractivity contribution >= 4 is 11.6 Å². The zero-order valence-electron chi connectivity index (χ0n) is 10.6. The number of aromatic nitrogens is 1. The smallest absolute Gasteiger partial charge is 0.320 e. The van der Waals surface area contributed by atoms with Crippen LogP contribution >= 0.6 is 11.6 Å². The van der Waals surface area contributed by atoms with Gasteiger partial charge >= 0.3 is 6.18 Å². The summed E-state index contributed by atoms with van der Waals surface area (Å²) in [6, 6.07) is 4.96. The summed E-state index contributed by atoms with van der Waals surface area (Å²) in [7, 11) is 0. The van der Waals surface area contributed by atoms with Crippen LogP contribution in [0.1, 0.15) is 28.3 Å². The number of pyridine rings is 1. The first-order valence-corrected chi connectivity index (χ1v) is 6.21. The number of alkyl halides is 3. The van der Waals surface area contributed by atoms with Crippen LogP contribution < -0.4 is 5.73 Å². The first-order chi connectivity index (χ1) is 9.30. The molecule has 2 aromatic rings. The van der Waals surface area contributed by atoms with Gasteiger partial charge in [0.25, 0.3) is 0 Å². The Labute approximate surface area is 119 Å². The Morgan fingerprint density at radius 2 is 1.90 bits per heavy atom. The van der Waals surface area contributed by atoms with Crippen molar-refractivity contribution in [3.05, 3.63) is 63.9 Å². The quantitative estimate of drug-likeness (QED) is 0.906. The Morgan fingerprint density at radius 3 is 2.55 bits per heavy atom. The van der Waals surface area contributed by atoms with Gasteiger partial charge in [0.15, 0.2) is 0 Å². The second kappa shape index (κ2) is 5.42. The third-order valence-electron chi connectivity index (χ3n) is 3.07. The molecule has 1 aromatic carbocycles. The van der Waals surface area contributed by atoms with E-state index in [1.54, 1.807) is 25.1 Å². The zero-order chi connectivity index (χ0) is 14.9. The normalized spacial score (nSPS) is 13.3. The lowest BCUT2D eigenvalue weighted by molar-refractivity contribution is -0.138. The summed E-state index contributed by atoms with van der Waals surface area (Å²) in [5, 5.41) is 0.429. The summed E-state index contributed by atoms with van der Waals surface area (Å²) in [6.45, 7) is 1.77. The molecular weight excluding hydrogens is 289 g/mol. The van der Waals surface area contributed by atoms with E-state index < -0.39 is 17.8 Å². The highest BCUT2D eigenvalue weighted by Gasteiger charge is 2.35. The average Bonchev–Trinajstić information content (AvgIpc) is 2.40. The molecule has 2 N–H and O–H groups in total. The van der Waals surface area contributed by atoms with E-state index in [2.05, 4.69) is 4.98 Å². The van der Waals surface area contributed by atoms with Gasteiger partial charge < -0.3 is 5.73 Å². The van der Waals surface area contributed by atoms with E-state index in [9.17, 15) is 13.2 Å². The number of hydrogen-bond acceptors (Lipinski definition) is 2. The predicted octanol–water partition coefficient (Wildman–Crippen LogP) is 4.11. The largest absolute Gasteiger partial charge is 0.416 e. The van der Waals surface area contributed by atoms with Crippen molar-refractivity contribution in [1.82, 2.24) is 4.98 Å². The number of nitrogens with two attached hydrogens (primary N) is 1. The Morgan fingerprint density at radius 1 is 1.20 bits per heavy atom. The maximum Gasteiger partial charge on any atom is 0.416 e. The fourth-order valence-electron chi connectivity index (χ4n) is 2.03. The van der Waals surface area contributed by atoms with E-state index in [1.165, 1.54) is 0 Å². The van der Waals surface area contributed by atoms with E-state index in [-0.39, 0.29) is 5.56 Å². The summed E-state index contributed by atoms with van der Waals surface area (Å²) >= 11 is 5.88. The van der Waals surface area contributed by atoms with E-state index in [0.29, 0.717) is 10.6 Å². The lowest BCUT2D eigenvalue weighted by Crippen LogP contribution is -2.19. The number of aryl methyl sites for hydroxylation is 1. The topological polar surface area (TPSA) is 38.9 Å². The highest BCUT2D eigenvalue weighted by Crippen LogP contribution is 2.36. The minimum atomic E-state index is -4.47. The first kappa shape index (κ1) is 14.8. The van der Waals surface area contributed by atoms with Gasteiger partial charge in [-0.2, -0.15) is 13.2 Å². The molecule has 2 rings (SSSR count). The molecule has 0 aliphatic heterocycles. The van der Waals surface area contributed by atoms with Crippen LogP contribution in [0.25, 0.3) is 0 Å². The zero-order valence-corrected chi connectivity index (χ0v) is 11.3. The van der Waals surface area contributed by atoms with E-state index in [0.717, 1.165) is 24.0 Å². The molecule has 0 saturated carbocycles. The number of hydrogen-bond donors (Lipinski definition) is 1. The molecule has 1 heterocycles. The molecule has 1 unspecified atom stereocenters. The molecule has 0 amide bonds. The van der Waals surface area contributed by atoms with Crippen LogP contribution in [0, 0.1) is 6.92 Å². The van der Waals surface area contributed by atoms with Gasteiger partial charge in [-0.15, -0.1) is 0 Å². The molecule has 0 aliphatic rings. The third-order valence-corrected chi connectivity index (χ3v) is 3.30. The summed E-state index contributed by atoms with van der Waals surface area (Å²) in [4.78, 5) is 3.74. The van der Waals surface area contributed by atoms with Crippen molar-refractivity contribution in [2.45, 2.75) is 19.1 Å². The summed E-state index contributed by atoms with van der Waals surface area (Å²) < 4.78 is 39.0. The molecule has 1 atom stereocenters. The van der Waals surface area contributed by atoms with E-state index in [1.807, 2.05) is 0 Å². The average molecular weight is 301 g/mol. The van der Waals surface area contributed by atoms with Crippen LogP contribution in [0.2, 0.25) is 5.02 Å². The highest BCUT2D eigenvalue weighted by molar-refractivity contribution is 6.30. The molecule has 20 heavy (non-hydrogen) atoms. The van der Waals surface area contributed by atoms with Crippen LogP contribution in [0.5, 0.6) is 0 Å². The standard InChI is InChI=1S/C14H12ClF3N2/c1-8-2-3-9(15)6-10(8)13(19)11-7-20-5-4-12(11)14(16,17)18/h2-7,13H,19H2,1H3. The lowest BCUT2D eigenvalue weighted by atomic mass is 9.93. The van der Waals surface area contributed by atoms with Crippen LogP contribution in [0.3, 0.4) is 0 Å². The minimum Gasteiger partial charge on any atom is -0.320 e. The van der Waals surface area contributed by atoms with Gasteiger partial charge in [0.1, 0.15) is 0 Å². The molecule has 0 bridgehead atoms. The van der Waals surface area contributed by atoms with Gasteiger partial charge in [-0.25, -0.2) is 0 Å². The van der Waals surface area contributed by atoms with Crippen molar-refractivity contribution in [3.63, 3.8) is 0 Å². The van der Waals surface area contributed by atoms with Crippen molar-refractivity contribution < 1.29 is 13.2 Å². The van der Waals surface area contributed by atoms with Crippen LogP contribution in [-0.2, 0) is 6.18 Å². The van der Waals surface area contributed by atoms with Gasteiger partial charge in [0.2, 0.25) is 0 Å². The van der Waals surface area contributed by atoms with Crippen molar-refractivity contribution in [3.8, 4) is 0 Å². The Hall–Kier alpha value is -1.59. The Kier molecular flexibility index (Phi) is 4.01. The number of rotatable bonds is 2. The fourth-order valence-corrected chi connectivity index (χ4v) is 2.21. The van der Waals surface area contributed by atoms with Crippen molar-refractivity contribution in [2.24, 2.45) is 5.73 Å². The van der Waals surface area contributed by atoms with Crippen LogP contribution in [-0.4, -0.2) is 4.98 Å². The second-order valence-corrected chi connectivity index (χ2v) is 4.88.